The van der Waals surface area contributed by atoms with Crippen LogP contribution in [0.15, 0.2) is 48.5 Å². The maximum Gasteiger partial charge on any atom is 0.325 e. The second-order valence-electron chi connectivity index (χ2n) is 7.06. The van der Waals surface area contributed by atoms with Gasteiger partial charge in [0.05, 0.1) is 22.8 Å². The van der Waals surface area contributed by atoms with Gasteiger partial charge in [-0.05, 0) is 62.6 Å². The molecule has 150 valence electrons. The SMILES string of the molecule is Cc1c(NC(=O)Nc2ccccc2N2CCCCC2)nnn1-c1ccc(F)cc1. The van der Waals surface area contributed by atoms with Gasteiger partial charge in [0, 0.05) is 13.1 Å². The van der Waals surface area contributed by atoms with Crippen LogP contribution in [-0.4, -0.2) is 34.1 Å². The number of nitrogens with one attached hydrogen (secondary N) is 2. The highest BCUT2D eigenvalue weighted by Gasteiger charge is 2.17. The minimum absolute atomic E-state index is 0.323. The standard InChI is InChI=1S/C21H23FN6O/c1-15-20(25-26-28(15)17-11-9-16(22)10-12-17)24-21(29)23-18-7-3-4-8-19(18)27-13-5-2-6-14-27/h3-4,7-12H,2,5-6,13-14H2,1H3,(H2,23,24,29). The number of hydrogen-bond donors (Lipinski definition) is 2. The van der Waals surface area contributed by atoms with E-state index in [1.807, 2.05) is 24.3 Å². The predicted molar refractivity (Wildman–Crippen MR) is 111 cm³/mol. The summed E-state index contributed by atoms with van der Waals surface area (Å²) in [4.78, 5) is 14.9. The number of rotatable bonds is 4. The molecule has 1 aliphatic heterocycles. The summed E-state index contributed by atoms with van der Waals surface area (Å²) in [7, 11) is 0. The first-order valence-electron chi connectivity index (χ1n) is 9.72. The summed E-state index contributed by atoms with van der Waals surface area (Å²) in [5.41, 5.74) is 3.10. The van der Waals surface area contributed by atoms with Crippen molar-refractivity contribution in [1.29, 1.82) is 0 Å². The maximum atomic E-state index is 13.1. The molecular formula is C21H23FN6O. The molecule has 0 atom stereocenters. The molecule has 1 fully saturated rings. The third-order valence-corrected chi connectivity index (χ3v) is 5.05. The van der Waals surface area contributed by atoms with Crippen LogP contribution in [0.25, 0.3) is 5.69 Å². The summed E-state index contributed by atoms with van der Waals surface area (Å²) in [6.07, 6.45) is 3.56. The average molecular weight is 394 g/mol. The smallest absolute Gasteiger partial charge is 0.325 e. The fraction of sp³-hybridized carbons (Fsp3) is 0.286. The first kappa shape index (κ1) is 18.9. The molecule has 2 heterocycles. The predicted octanol–water partition coefficient (Wildman–Crippen LogP) is 4.35. The summed E-state index contributed by atoms with van der Waals surface area (Å²) in [6.45, 7) is 3.78. The minimum atomic E-state index is -0.385. The fourth-order valence-electron chi connectivity index (χ4n) is 3.52. The molecule has 1 aliphatic rings. The van der Waals surface area contributed by atoms with E-state index >= 15 is 0 Å². The number of benzene rings is 2. The monoisotopic (exact) mass is 394 g/mol. The zero-order valence-electron chi connectivity index (χ0n) is 16.2. The highest BCUT2D eigenvalue weighted by atomic mass is 19.1. The molecule has 2 N–H and O–H groups in total. The third-order valence-electron chi connectivity index (χ3n) is 5.05. The Hall–Kier alpha value is -3.42. The van der Waals surface area contributed by atoms with Gasteiger partial charge in [0.15, 0.2) is 5.82 Å². The Morgan fingerprint density at radius 1 is 1.00 bits per heavy atom. The molecule has 0 saturated carbocycles. The highest BCUT2D eigenvalue weighted by molar-refractivity contribution is 6.01. The van der Waals surface area contributed by atoms with E-state index in [0.717, 1.165) is 37.3 Å². The van der Waals surface area contributed by atoms with Gasteiger partial charge in [-0.25, -0.2) is 13.9 Å². The van der Waals surface area contributed by atoms with Crippen molar-refractivity contribution in [3.05, 3.63) is 60.0 Å². The second-order valence-corrected chi connectivity index (χ2v) is 7.06. The third kappa shape index (κ3) is 4.21. The van der Waals surface area contributed by atoms with Gasteiger partial charge < -0.3 is 10.2 Å². The first-order valence-corrected chi connectivity index (χ1v) is 9.72. The molecule has 29 heavy (non-hydrogen) atoms. The summed E-state index contributed by atoms with van der Waals surface area (Å²) >= 11 is 0. The largest absolute Gasteiger partial charge is 0.370 e. The Bertz CT molecular complexity index is 995. The number of halogens is 1. The van der Waals surface area contributed by atoms with Crippen LogP contribution in [0.5, 0.6) is 0 Å². The summed E-state index contributed by atoms with van der Waals surface area (Å²) in [5, 5.41) is 13.8. The summed E-state index contributed by atoms with van der Waals surface area (Å²) < 4.78 is 14.7. The number of piperidine rings is 1. The van der Waals surface area contributed by atoms with Gasteiger partial charge in [-0.2, -0.15) is 0 Å². The topological polar surface area (TPSA) is 75.1 Å². The van der Waals surface area contributed by atoms with Crippen molar-refractivity contribution < 1.29 is 9.18 Å². The molecule has 0 spiro atoms. The van der Waals surface area contributed by atoms with Crippen molar-refractivity contribution in [2.24, 2.45) is 0 Å². The Kier molecular flexibility index (Phi) is 5.41. The molecule has 8 heteroatoms. The van der Waals surface area contributed by atoms with Gasteiger partial charge in [-0.3, -0.25) is 5.32 Å². The molecular weight excluding hydrogens is 371 g/mol. The van der Waals surface area contributed by atoms with Crippen LogP contribution < -0.4 is 15.5 Å². The van der Waals surface area contributed by atoms with E-state index in [1.54, 1.807) is 23.7 Å². The number of carbonyl (C=O) groups excluding carboxylic acids is 1. The molecule has 7 nitrogen and oxygen atoms in total. The fourth-order valence-corrected chi connectivity index (χ4v) is 3.52. The zero-order chi connectivity index (χ0) is 20.2. The lowest BCUT2D eigenvalue weighted by molar-refractivity contribution is 0.262. The van der Waals surface area contributed by atoms with E-state index in [0.29, 0.717) is 17.2 Å². The number of urea groups is 1. The van der Waals surface area contributed by atoms with Crippen molar-refractivity contribution in [3.8, 4) is 5.69 Å². The van der Waals surface area contributed by atoms with Crippen LogP contribution in [0.4, 0.5) is 26.4 Å². The van der Waals surface area contributed by atoms with Gasteiger partial charge in [0.25, 0.3) is 0 Å². The molecule has 2 aromatic carbocycles. The molecule has 4 rings (SSSR count). The van der Waals surface area contributed by atoms with Crippen LogP contribution in [0.2, 0.25) is 0 Å². The molecule has 1 saturated heterocycles. The number of carbonyl (C=O) groups is 1. The Labute approximate surface area is 168 Å². The quantitative estimate of drug-likeness (QED) is 0.690. The maximum absolute atomic E-state index is 13.1. The van der Waals surface area contributed by atoms with Gasteiger partial charge >= 0.3 is 6.03 Å². The first-order chi connectivity index (χ1) is 14.1. The van der Waals surface area contributed by atoms with Crippen LogP contribution in [0.3, 0.4) is 0 Å². The van der Waals surface area contributed by atoms with Crippen LogP contribution in [-0.2, 0) is 0 Å². The van der Waals surface area contributed by atoms with E-state index in [9.17, 15) is 9.18 Å². The number of amides is 2. The van der Waals surface area contributed by atoms with E-state index in [-0.39, 0.29) is 11.8 Å². The molecule has 0 unspecified atom stereocenters. The number of hydrogen-bond acceptors (Lipinski definition) is 4. The van der Waals surface area contributed by atoms with E-state index in [1.165, 1.54) is 18.6 Å². The average Bonchev–Trinajstić information content (AvgIpc) is 3.10. The van der Waals surface area contributed by atoms with Crippen LogP contribution >= 0.6 is 0 Å². The normalized spacial score (nSPS) is 13.9. The second kappa shape index (κ2) is 8.30. The molecule has 3 aromatic rings. The van der Waals surface area contributed by atoms with Crippen LogP contribution in [0.1, 0.15) is 25.0 Å². The molecule has 1 aromatic heterocycles. The molecule has 0 aliphatic carbocycles. The number of para-hydroxylation sites is 2. The van der Waals surface area contributed by atoms with Crippen LogP contribution in [0, 0.1) is 12.7 Å². The molecule has 0 bridgehead atoms. The van der Waals surface area contributed by atoms with Crippen molar-refractivity contribution >= 4 is 23.2 Å². The molecule has 2 amide bonds. The summed E-state index contributed by atoms with van der Waals surface area (Å²) in [6, 6.07) is 13.3. The number of aromatic nitrogens is 3. The van der Waals surface area contributed by atoms with E-state index in [4.69, 9.17) is 0 Å². The van der Waals surface area contributed by atoms with Crippen molar-refractivity contribution in [3.63, 3.8) is 0 Å². The van der Waals surface area contributed by atoms with Crippen molar-refractivity contribution in [2.45, 2.75) is 26.2 Å². The minimum Gasteiger partial charge on any atom is -0.370 e. The number of anilines is 3. The number of nitrogens with zero attached hydrogens (tertiary/aromatic N) is 4. The lowest BCUT2D eigenvalue weighted by atomic mass is 10.1. The van der Waals surface area contributed by atoms with Gasteiger partial charge in [0.2, 0.25) is 0 Å². The van der Waals surface area contributed by atoms with Crippen molar-refractivity contribution in [1.82, 2.24) is 15.0 Å². The Morgan fingerprint density at radius 2 is 1.72 bits per heavy atom. The van der Waals surface area contributed by atoms with Crippen molar-refractivity contribution in [2.75, 3.05) is 28.6 Å². The van der Waals surface area contributed by atoms with Gasteiger partial charge in [-0.15, -0.1) is 5.10 Å². The lowest BCUT2D eigenvalue weighted by Crippen LogP contribution is -2.31. The van der Waals surface area contributed by atoms with E-state index in [2.05, 4.69) is 25.8 Å². The summed E-state index contributed by atoms with van der Waals surface area (Å²) in [5.74, 6) is 0.0268. The zero-order valence-corrected chi connectivity index (χ0v) is 16.2. The van der Waals surface area contributed by atoms with Gasteiger partial charge in [0.1, 0.15) is 5.82 Å². The van der Waals surface area contributed by atoms with E-state index < -0.39 is 0 Å². The Morgan fingerprint density at radius 3 is 2.48 bits per heavy atom. The highest BCUT2D eigenvalue weighted by Crippen LogP contribution is 2.28. The lowest BCUT2D eigenvalue weighted by Gasteiger charge is -2.30. The van der Waals surface area contributed by atoms with Gasteiger partial charge in [-0.1, -0.05) is 17.3 Å². The Balaban J connectivity index is 1.48. The molecule has 0 radical (unpaired) electrons.